The third kappa shape index (κ3) is 4.44. The van der Waals surface area contributed by atoms with Gasteiger partial charge >= 0.3 is 5.97 Å². The topological polar surface area (TPSA) is 88.1 Å². The van der Waals surface area contributed by atoms with Gasteiger partial charge in [-0.3, -0.25) is 9.59 Å². The molecular weight excluding hydrogens is 341 g/mol. The number of nitrogens with zero attached hydrogens (tertiary/aromatic N) is 2. The van der Waals surface area contributed by atoms with Crippen molar-refractivity contribution >= 4 is 23.5 Å². The molecule has 1 unspecified atom stereocenters. The molecule has 140 valence electrons. The molecule has 8 heteroatoms. The monoisotopic (exact) mass is 363 g/mol. The maximum absolute atomic E-state index is 13.0. The van der Waals surface area contributed by atoms with E-state index in [1.165, 1.54) is 24.3 Å². The first-order valence-electron chi connectivity index (χ1n) is 8.32. The van der Waals surface area contributed by atoms with Gasteiger partial charge in [0.05, 0.1) is 13.7 Å². The fourth-order valence-electron chi connectivity index (χ4n) is 2.48. The average molecular weight is 363 g/mol. The summed E-state index contributed by atoms with van der Waals surface area (Å²) in [6.45, 7) is 3.46. The molecule has 0 saturated carbocycles. The second-order valence-corrected chi connectivity index (χ2v) is 6.26. The number of hydrogen-bond donors (Lipinski definition) is 1. The molecule has 0 spiro atoms. The number of nitrogens with one attached hydrogen (secondary N) is 1. The van der Waals surface area contributed by atoms with Crippen molar-refractivity contribution in [3.63, 3.8) is 0 Å². The number of rotatable bonds is 6. The maximum atomic E-state index is 13.0. The van der Waals surface area contributed by atoms with Gasteiger partial charge in [0.2, 0.25) is 5.91 Å². The van der Waals surface area contributed by atoms with E-state index in [0.717, 1.165) is 0 Å². The normalized spacial score (nSPS) is 16.5. The van der Waals surface area contributed by atoms with E-state index < -0.39 is 17.4 Å². The summed E-state index contributed by atoms with van der Waals surface area (Å²) in [6, 6.07) is 5.70. The number of methoxy groups -OCH3 is 1. The molecule has 0 saturated heterocycles. The maximum Gasteiger partial charge on any atom is 0.331 e. The molecule has 2 amide bonds. The van der Waals surface area contributed by atoms with Gasteiger partial charge in [-0.05, 0) is 31.0 Å². The first-order chi connectivity index (χ1) is 12.3. The van der Waals surface area contributed by atoms with Crippen LogP contribution in [-0.4, -0.2) is 41.2 Å². The lowest BCUT2D eigenvalue weighted by atomic mass is 9.98. The van der Waals surface area contributed by atoms with Crippen molar-refractivity contribution < 1.29 is 23.5 Å². The van der Waals surface area contributed by atoms with Crippen LogP contribution < -0.4 is 5.32 Å². The molecule has 7 nitrogen and oxygen atoms in total. The summed E-state index contributed by atoms with van der Waals surface area (Å²) in [7, 11) is 1.25. The van der Waals surface area contributed by atoms with Gasteiger partial charge in [0.1, 0.15) is 17.1 Å². The summed E-state index contributed by atoms with van der Waals surface area (Å²) in [6.07, 6.45) is 0.664. The molecule has 1 aromatic carbocycles. The van der Waals surface area contributed by atoms with Gasteiger partial charge in [-0.2, -0.15) is 5.10 Å². The van der Waals surface area contributed by atoms with Crippen LogP contribution in [-0.2, 0) is 25.7 Å². The number of ether oxygens (including phenoxy) is 1. The van der Waals surface area contributed by atoms with E-state index in [2.05, 4.69) is 10.4 Å². The van der Waals surface area contributed by atoms with Crippen molar-refractivity contribution in [2.24, 2.45) is 5.10 Å². The summed E-state index contributed by atoms with van der Waals surface area (Å²) in [5, 5.41) is 7.95. The summed E-state index contributed by atoms with van der Waals surface area (Å²) >= 11 is 0. The first kappa shape index (κ1) is 19.6. The summed E-state index contributed by atoms with van der Waals surface area (Å²) in [5.74, 6) is -1.67. The van der Waals surface area contributed by atoms with Gasteiger partial charge in [-0.1, -0.05) is 19.1 Å². The first-order valence-corrected chi connectivity index (χ1v) is 8.32. The minimum atomic E-state index is -1.17. The second-order valence-electron chi connectivity index (χ2n) is 6.26. The van der Waals surface area contributed by atoms with Crippen molar-refractivity contribution in [3.8, 4) is 0 Å². The average Bonchev–Trinajstić information content (AvgIpc) is 2.64. The summed E-state index contributed by atoms with van der Waals surface area (Å²) in [5.41, 5.74) is -0.314. The fourth-order valence-corrected chi connectivity index (χ4v) is 2.48. The number of halogens is 1. The van der Waals surface area contributed by atoms with Crippen LogP contribution in [0, 0.1) is 5.82 Å². The molecule has 0 fully saturated rings. The Hall–Kier alpha value is -2.77. The van der Waals surface area contributed by atoms with Crippen LogP contribution in [0.1, 0.15) is 38.7 Å². The number of hydrogen-bond acceptors (Lipinski definition) is 5. The predicted octanol–water partition coefficient (Wildman–Crippen LogP) is 1.76. The lowest BCUT2D eigenvalue weighted by Crippen LogP contribution is -2.54. The fraction of sp³-hybridized carbons (Fsp3) is 0.444. The number of carbonyl (C=O) groups excluding carboxylic acids is 3. The number of hydrazone groups is 1. The van der Waals surface area contributed by atoms with Gasteiger partial charge in [0, 0.05) is 12.8 Å². The van der Waals surface area contributed by atoms with Crippen molar-refractivity contribution in [1.82, 2.24) is 10.3 Å². The molecule has 1 aliphatic rings. The van der Waals surface area contributed by atoms with Crippen LogP contribution in [0.4, 0.5) is 4.39 Å². The lowest BCUT2D eigenvalue weighted by Gasteiger charge is -2.28. The third-order valence-corrected chi connectivity index (χ3v) is 4.35. The van der Waals surface area contributed by atoms with E-state index in [-0.39, 0.29) is 36.8 Å². The highest BCUT2D eigenvalue weighted by atomic mass is 19.1. The minimum Gasteiger partial charge on any atom is -0.467 e. The molecule has 26 heavy (non-hydrogen) atoms. The number of carbonyl (C=O) groups is 3. The smallest absolute Gasteiger partial charge is 0.331 e. The van der Waals surface area contributed by atoms with Crippen molar-refractivity contribution in [2.75, 3.05) is 7.11 Å². The molecule has 0 bridgehead atoms. The Bertz CT molecular complexity index is 732. The minimum absolute atomic E-state index is 0.133. The van der Waals surface area contributed by atoms with Crippen LogP contribution >= 0.6 is 0 Å². The van der Waals surface area contributed by atoms with E-state index in [0.29, 0.717) is 12.0 Å². The Labute approximate surface area is 151 Å². The highest BCUT2D eigenvalue weighted by molar-refractivity contribution is 6.40. The molecule has 2 rings (SSSR count). The molecule has 0 radical (unpaired) electrons. The van der Waals surface area contributed by atoms with Gasteiger partial charge in [-0.25, -0.2) is 14.2 Å². The van der Waals surface area contributed by atoms with Crippen LogP contribution in [0.3, 0.4) is 0 Å². The second kappa shape index (κ2) is 8.07. The predicted molar refractivity (Wildman–Crippen MR) is 92.5 cm³/mol. The highest BCUT2D eigenvalue weighted by Gasteiger charge is 2.36. The third-order valence-electron chi connectivity index (χ3n) is 4.35. The summed E-state index contributed by atoms with van der Waals surface area (Å²) in [4.78, 5) is 36.5. The van der Waals surface area contributed by atoms with Crippen molar-refractivity contribution in [1.29, 1.82) is 0 Å². The van der Waals surface area contributed by atoms with Crippen LogP contribution in [0.2, 0.25) is 0 Å². The number of esters is 1. The Morgan fingerprint density at radius 2 is 1.96 bits per heavy atom. The van der Waals surface area contributed by atoms with E-state index in [4.69, 9.17) is 4.74 Å². The zero-order valence-electron chi connectivity index (χ0n) is 15.0. The highest BCUT2D eigenvalue weighted by Crippen LogP contribution is 2.16. The molecule has 0 aromatic heterocycles. The SMILES string of the molecule is CCC(C)(NC(=O)C1=NN(Cc2ccc(F)cc2)C(=O)CC1)C(=O)OC. The zero-order chi connectivity index (χ0) is 19.3. The molecule has 1 aliphatic heterocycles. The number of benzene rings is 1. The lowest BCUT2D eigenvalue weighted by molar-refractivity contribution is -0.149. The van der Waals surface area contributed by atoms with E-state index >= 15 is 0 Å². The van der Waals surface area contributed by atoms with Crippen LogP contribution in [0.5, 0.6) is 0 Å². The van der Waals surface area contributed by atoms with Crippen LogP contribution in [0.25, 0.3) is 0 Å². The van der Waals surface area contributed by atoms with Gasteiger partial charge in [0.25, 0.3) is 5.91 Å². The van der Waals surface area contributed by atoms with E-state index in [9.17, 15) is 18.8 Å². The van der Waals surface area contributed by atoms with E-state index in [1.807, 2.05) is 0 Å². The summed E-state index contributed by atoms with van der Waals surface area (Å²) < 4.78 is 17.7. The van der Waals surface area contributed by atoms with Crippen molar-refractivity contribution in [2.45, 2.75) is 45.2 Å². The Kier molecular flexibility index (Phi) is 6.07. The largest absolute Gasteiger partial charge is 0.467 e. The van der Waals surface area contributed by atoms with E-state index in [1.54, 1.807) is 26.0 Å². The van der Waals surface area contributed by atoms with Gasteiger partial charge in [0.15, 0.2) is 0 Å². The standard InChI is InChI=1S/C18H22FN3O4/c1-4-18(2,17(25)26-3)20-16(24)14-9-10-15(23)22(21-14)11-12-5-7-13(19)8-6-12/h5-8H,4,9-11H2,1-3H3,(H,20,24). The van der Waals surface area contributed by atoms with Gasteiger partial charge in [-0.15, -0.1) is 0 Å². The molecule has 0 aliphatic carbocycles. The van der Waals surface area contributed by atoms with Gasteiger partial charge < -0.3 is 10.1 Å². The Balaban J connectivity index is 2.15. The Morgan fingerprint density at radius 3 is 2.54 bits per heavy atom. The molecule has 1 atom stereocenters. The molecule has 1 aromatic rings. The van der Waals surface area contributed by atoms with Crippen LogP contribution in [0.15, 0.2) is 29.4 Å². The quantitative estimate of drug-likeness (QED) is 0.780. The molecule has 1 N–H and O–H groups in total. The van der Waals surface area contributed by atoms with Crippen molar-refractivity contribution in [3.05, 3.63) is 35.6 Å². The Morgan fingerprint density at radius 1 is 1.31 bits per heavy atom. The molecule has 1 heterocycles. The zero-order valence-corrected chi connectivity index (χ0v) is 15.0. The number of amides is 2. The molecular formula is C18H22FN3O4.